The molecule has 1 amide bonds. The van der Waals surface area contributed by atoms with E-state index in [2.05, 4.69) is 51.4 Å². The molecule has 0 aliphatic rings. The highest BCUT2D eigenvalue weighted by atomic mass is 79.9. The summed E-state index contributed by atoms with van der Waals surface area (Å²) in [5, 5.41) is 6.14. The van der Waals surface area contributed by atoms with Gasteiger partial charge in [0.05, 0.1) is 6.21 Å². The summed E-state index contributed by atoms with van der Waals surface area (Å²) in [7, 11) is 0. The predicted octanol–water partition coefficient (Wildman–Crippen LogP) is 5.95. The van der Waals surface area contributed by atoms with Gasteiger partial charge in [0.15, 0.2) is 5.76 Å². The molecule has 0 saturated heterocycles. The van der Waals surface area contributed by atoms with Crippen molar-refractivity contribution in [3.8, 4) is 0 Å². The summed E-state index contributed by atoms with van der Waals surface area (Å²) in [5.74, 6) is 0.207. The zero-order valence-corrected chi connectivity index (χ0v) is 17.2. The summed E-state index contributed by atoms with van der Waals surface area (Å²) < 4.78 is 6.54. The monoisotopic (exact) mass is 437 g/mol. The van der Waals surface area contributed by atoms with Gasteiger partial charge in [0.1, 0.15) is 5.58 Å². The quantitative estimate of drug-likeness (QED) is 0.298. The van der Waals surface area contributed by atoms with Crippen LogP contribution < -0.4 is 5.43 Å². The number of rotatable bonds is 5. The molecule has 2 N–H and O–H groups in total. The fraction of sp³-hybridized carbons (Fsp3) is 0.182. The maximum absolute atomic E-state index is 12.4. The third kappa shape index (κ3) is 3.47. The Hall–Kier alpha value is -2.86. The summed E-state index contributed by atoms with van der Waals surface area (Å²) >= 11 is 3.42. The fourth-order valence-corrected chi connectivity index (χ4v) is 3.63. The molecule has 2 aromatic heterocycles. The van der Waals surface area contributed by atoms with Crippen LogP contribution in [0.3, 0.4) is 0 Å². The first kappa shape index (κ1) is 18.5. The molecule has 0 radical (unpaired) electrons. The number of furan rings is 1. The molecule has 0 unspecified atom stereocenters. The number of halogens is 1. The molecule has 1 atom stereocenters. The van der Waals surface area contributed by atoms with Crippen LogP contribution >= 0.6 is 15.9 Å². The molecule has 0 bridgehead atoms. The summed E-state index contributed by atoms with van der Waals surface area (Å²) in [4.78, 5) is 15.9. The fourth-order valence-electron chi connectivity index (χ4n) is 3.25. The first-order chi connectivity index (χ1) is 13.6. The maximum Gasteiger partial charge on any atom is 0.307 e. The van der Waals surface area contributed by atoms with Gasteiger partial charge in [-0.25, -0.2) is 5.43 Å². The van der Waals surface area contributed by atoms with Crippen molar-refractivity contribution in [3.63, 3.8) is 0 Å². The number of aromatic nitrogens is 1. The summed E-state index contributed by atoms with van der Waals surface area (Å²) in [6.07, 6.45) is 2.71. The van der Waals surface area contributed by atoms with E-state index in [1.807, 2.05) is 36.4 Å². The van der Waals surface area contributed by atoms with E-state index in [9.17, 15) is 4.79 Å². The first-order valence-electron chi connectivity index (χ1n) is 9.20. The number of carbonyl (C=O) groups is 1. The van der Waals surface area contributed by atoms with Gasteiger partial charge in [-0.1, -0.05) is 48.0 Å². The van der Waals surface area contributed by atoms with E-state index in [1.165, 1.54) is 0 Å². The van der Waals surface area contributed by atoms with Crippen LogP contribution in [0, 0.1) is 0 Å². The van der Waals surface area contributed by atoms with E-state index >= 15 is 0 Å². The molecule has 5 nitrogen and oxygen atoms in total. The lowest BCUT2D eigenvalue weighted by Crippen LogP contribution is -2.16. The van der Waals surface area contributed by atoms with E-state index in [4.69, 9.17) is 4.42 Å². The molecule has 4 aromatic rings. The summed E-state index contributed by atoms with van der Waals surface area (Å²) in [6, 6.07) is 15.4. The number of para-hydroxylation sites is 1. The third-order valence-electron chi connectivity index (χ3n) is 4.94. The third-order valence-corrected chi connectivity index (χ3v) is 5.44. The molecule has 2 aromatic carbocycles. The van der Waals surface area contributed by atoms with E-state index in [1.54, 1.807) is 12.3 Å². The van der Waals surface area contributed by atoms with E-state index in [-0.39, 0.29) is 11.7 Å². The number of benzene rings is 2. The molecule has 0 fully saturated rings. The van der Waals surface area contributed by atoms with Gasteiger partial charge in [0, 0.05) is 32.0 Å². The van der Waals surface area contributed by atoms with Crippen molar-refractivity contribution in [1.82, 2.24) is 10.4 Å². The van der Waals surface area contributed by atoms with Crippen LogP contribution in [-0.2, 0) is 0 Å². The van der Waals surface area contributed by atoms with Crippen molar-refractivity contribution in [3.05, 3.63) is 70.0 Å². The van der Waals surface area contributed by atoms with Gasteiger partial charge in [-0.05, 0) is 42.7 Å². The highest BCUT2D eigenvalue weighted by molar-refractivity contribution is 9.10. The van der Waals surface area contributed by atoms with Crippen LogP contribution in [0.15, 0.2) is 62.5 Å². The first-order valence-corrected chi connectivity index (χ1v) is 9.99. The average molecular weight is 438 g/mol. The van der Waals surface area contributed by atoms with E-state index < -0.39 is 0 Å². The minimum Gasteiger partial charge on any atom is -0.451 e. The van der Waals surface area contributed by atoms with Crippen molar-refractivity contribution >= 4 is 49.9 Å². The molecular formula is C22H20BrN3O2. The molecule has 0 aliphatic heterocycles. The number of amides is 1. The Morgan fingerprint density at radius 3 is 2.93 bits per heavy atom. The largest absolute Gasteiger partial charge is 0.451 e. The zero-order chi connectivity index (χ0) is 19.7. The molecule has 142 valence electrons. The number of hydrogen-bond donors (Lipinski definition) is 2. The number of hydrogen-bond acceptors (Lipinski definition) is 3. The van der Waals surface area contributed by atoms with E-state index in [0.717, 1.165) is 38.4 Å². The lowest BCUT2D eigenvalue weighted by atomic mass is 10.0. The van der Waals surface area contributed by atoms with E-state index in [0.29, 0.717) is 11.5 Å². The zero-order valence-electron chi connectivity index (χ0n) is 15.6. The molecule has 6 heteroatoms. The van der Waals surface area contributed by atoms with Gasteiger partial charge in [-0.3, -0.25) is 4.79 Å². The van der Waals surface area contributed by atoms with Crippen LogP contribution in [-0.4, -0.2) is 17.1 Å². The van der Waals surface area contributed by atoms with Crippen LogP contribution in [0.4, 0.5) is 0 Å². The lowest BCUT2D eigenvalue weighted by molar-refractivity contribution is 0.0929. The van der Waals surface area contributed by atoms with Gasteiger partial charge < -0.3 is 9.40 Å². The van der Waals surface area contributed by atoms with Gasteiger partial charge in [-0.2, -0.15) is 5.10 Å². The number of H-pyrrole nitrogens is 1. The van der Waals surface area contributed by atoms with Crippen molar-refractivity contribution in [1.29, 1.82) is 0 Å². The Labute approximate surface area is 170 Å². The molecule has 0 spiro atoms. The van der Waals surface area contributed by atoms with Crippen LogP contribution in [0.5, 0.6) is 0 Å². The molecule has 2 heterocycles. The smallest absolute Gasteiger partial charge is 0.307 e. The normalized spacial score (nSPS) is 12.8. The minimum absolute atomic E-state index is 0.228. The van der Waals surface area contributed by atoms with Crippen LogP contribution in [0.25, 0.3) is 21.9 Å². The molecule has 0 saturated carbocycles. The average Bonchev–Trinajstić information content (AvgIpc) is 3.28. The Morgan fingerprint density at radius 2 is 2.11 bits per heavy atom. The standard InChI is InChI=1S/C22H20BrN3O2/c1-3-13(2)21-17(16-6-4-5-7-18(16)25-21)12-24-26-22(27)20-11-14-10-15(23)8-9-19(14)28-20/h4-13,25H,3H2,1-2H3,(H,26,27)/b24-12-/t13-/m1/s1. The van der Waals surface area contributed by atoms with Crippen molar-refractivity contribution in [2.24, 2.45) is 5.10 Å². The highest BCUT2D eigenvalue weighted by Crippen LogP contribution is 2.28. The second-order valence-electron chi connectivity index (χ2n) is 6.80. The van der Waals surface area contributed by atoms with Gasteiger partial charge >= 0.3 is 5.91 Å². The number of hydrazone groups is 1. The molecule has 4 rings (SSSR count). The second kappa shape index (κ2) is 7.64. The maximum atomic E-state index is 12.4. The second-order valence-corrected chi connectivity index (χ2v) is 7.71. The van der Waals surface area contributed by atoms with Crippen molar-refractivity contribution < 1.29 is 9.21 Å². The van der Waals surface area contributed by atoms with Crippen LogP contribution in [0.1, 0.15) is 48.0 Å². The lowest BCUT2D eigenvalue weighted by Gasteiger charge is -2.07. The SMILES string of the molecule is CC[C@@H](C)c1[nH]c2ccccc2c1/C=N\NC(=O)c1cc2cc(Br)ccc2o1. The predicted molar refractivity (Wildman–Crippen MR) is 116 cm³/mol. The summed E-state index contributed by atoms with van der Waals surface area (Å²) in [6.45, 7) is 4.33. The Bertz CT molecular complexity index is 1190. The number of aromatic amines is 1. The van der Waals surface area contributed by atoms with Gasteiger partial charge in [-0.15, -0.1) is 0 Å². The Morgan fingerprint density at radius 1 is 1.29 bits per heavy atom. The number of nitrogens with zero attached hydrogens (tertiary/aromatic N) is 1. The van der Waals surface area contributed by atoms with Crippen LogP contribution in [0.2, 0.25) is 0 Å². The number of fused-ring (bicyclic) bond motifs is 2. The topological polar surface area (TPSA) is 70.4 Å². The number of nitrogens with one attached hydrogen (secondary N) is 2. The molecule has 28 heavy (non-hydrogen) atoms. The highest BCUT2D eigenvalue weighted by Gasteiger charge is 2.15. The minimum atomic E-state index is -0.381. The Kier molecular flexibility index (Phi) is 5.05. The molecule has 0 aliphatic carbocycles. The van der Waals surface area contributed by atoms with Crippen molar-refractivity contribution in [2.45, 2.75) is 26.2 Å². The van der Waals surface area contributed by atoms with Gasteiger partial charge in [0.25, 0.3) is 0 Å². The Balaban J connectivity index is 1.59. The number of carbonyl (C=O) groups excluding carboxylic acids is 1. The summed E-state index contributed by atoms with van der Waals surface area (Å²) in [5.41, 5.74) is 6.42. The van der Waals surface area contributed by atoms with Gasteiger partial charge in [0.2, 0.25) is 0 Å². The van der Waals surface area contributed by atoms with Crippen molar-refractivity contribution in [2.75, 3.05) is 0 Å². The molecular weight excluding hydrogens is 418 g/mol.